The van der Waals surface area contributed by atoms with Crippen molar-refractivity contribution in [2.24, 2.45) is 0 Å². The maximum atomic E-state index is 13.5. The van der Waals surface area contributed by atoms with Gasteiger partial charge in [-0.15, -0.1) is 0 Å². The molecule has 1 N–H and O–H groups in total. The van der Waals surface area contributed by atoms with E-state index in [0.717, 1.165) is 6.07 Å². The van der Waals surface area contributed by atoms with Gasteiger partial charge >= 0.3 is 23.1 Å². The Morgan fingerprint density at radius 1 is 0.788 bits per heavy atom. The number of carbonyl (C=O) groups is 3. The number of aliphatic hydroxyl groups is 1. The van der Waals surface area contributed by atoms with Crippen LogP contribution >= 0.6 is 31.9 Å². The normalized spacial score (nSPS) is 10.9. The predicted octanol–water partition coefficient (Wildman–Crippen LogP) is 3.38. The summed E-state index contributed by atoms with van der Waals surface area (Å²) in [6.45, 7) is 6.59. The van der Waals surface area contributed by atoms with Crippen molar-refractivity contribution in [3.63, 3.8) is 0 Å². The second kappa shape index (κ2) is 19.4. The zero-order valence-electron chi connectivity index (χ0n) is 28.3. The molecule has 18 heteroatoms. The smallest absolute Gasteiger partial charge is 1.00 e. The molecule has 0 saturated heterocycles. The number of halogens is 5. The van der Waals surface area contributed by atoms with Crippen LogP contribution in [0.4, 0.5) is 8.78 Å². The van der Waals surface area contributed by atoms with Gasteiger partial charge in [-0.2, -0.15) is 20.4 Å². The molecule has 1 atom stereocenters. The number of hydrogen-bond acceptors (Lipinski definition) is 8. The molecule has 0 fully saturated rings. The number of aldehydes is 1. The van der Waals surface area contributed by atoms with Crippen LogP contribution in [-0.4, -0.2) is 85.1 Å². The third-order valence-corrected chi connectivity index (χ3v) is 9.07. The summed E-state index contributed by atoms with van der Waals surface area (Å²) in [7, 11) is 0. The second-order valence-corrected chi connectivity index (χ2v) is 11.9. The van der Waals surface area contributed by atoms with Crippen LogP contribution < -0.4 is 17.0 Å². The summed E-state index contributed by atoms with van der Waals surface area (Å²) in [4.78, 5) is 36.9. The summed E-state index contributed by atoms with van der Waals surface area (Å²) in [5.74, 6) is -1.58. The molecule has 0 aliphatic heterocycles. The van der Waals surface area contributed by atoms with Gasteiger partial charge in [0.1, 0.15) is 32.2 Å². The summed E-state index contributed by atoms with van der Waals surface area (Å²) in [6, 6.07) is 10.8. The van der Waals surface area contributed by atoms with Crippen molar-refractivity contribution in [2.45, 2.75) is 40.0 Å². The largest absolute Gasteiger partial charge is 2.00 e. The van der Waals surface area contributed by atoms with Crippen LogP contribution in [0.5, 0.6) is 0 Å². The van der Waals surface area contributed by atoms with Crippen LogP contribution in [0.1, 0.15) is 74.9 Å². The van der Waals surface area contributed by atoms with E-state index in [2.05, 4.69) is 52.3 Å². The van der Waals surface area contributed by atoms with E-state index < -0.39 is 17.7 Å². The van der Waals surface area contributed by atoms with Gasteiger partial charge in [0.05, 0.1) is 53.4 Å². The van der Waals surface area contributed by atoms with Gasteiger partial charge < -0.3 is 29.5 Å². The molecular weight excluding hydrogens is 886 g/mol. The standard InChI is InChI=1S/C17H16BrFN4O2.C16H12BrFN4O2.CH3.BrH.Mg/c1-3-22-17(18)13(9-21-22)16(25)15-6-7-20-23(15)14-5-4-11(19)8-12(14)10(2)24;1-2-21-16(17)12(8-20-21)15(24)14-5-6-19-22(14)13-4-3-11(18)7-10(13)9-23;;;/h4-10,24H,3H2,1-2H3;3-9H,2H2,1H3;1H3;1H;/q;;-1;;+2/p-1. The topological polar surface area (TPSA) is 143 Å². The molecule has 1 unspecified atom stereocenters. The monoisotopic (exact) mass is 914 g/mol. The Morgan fingerprint density at radius 3 is 1.65 bits per heavy atom. The average Bonchev–Trinajstić information content (AvgIpc) is 3.91. The molecule has 0 saturated carbocycles. The fourth-order valence-electron chi connectivity index (χ4n) is 4.96. The van der Waals surface area contributed by atoms with Crippen molar-refractivity contribution in [2.75, 3.05) is 0 Å². The van der Waals surface area contributed by atoms with Crippen molar-refractivity contribution in [3.8, 4) is 11.4 Å². The van der Waals surface area contributed by atoms with E-state index >= 15 is 0 Å². The maximum absolute atomic E-state index is 13.5. The van der Waals surface area contributed by atoms with Crippen LogP contribution in [0, 0.1) is 19.1 Å². The number of ketones is 2. The minimum absolute atomic E-state index is 0. The molecule has 0 aliphatic carbocycles. The van der Waals surface area contributed by atoms with Gasteiger partial charge in [-0.1, -0.05) is 0 Å². The molecule has 0 radical (unpaired) electrons. The quantitative estimate of drug-likeness (QED) is 0.0955. The molecule has 2 aromatic carbocycles. The summed E-state index contributed by atoms with van der Waals surface area (Å²) in [5.41, 5.74) is 2.57. The first-order chi connectivity index (χ1) is 23.5. The Hall–Kier alpha value is -3.68. The Kier molecular flexibility index (Phi) is 16.6. The van der Waals surface area contributed by atoms with E-state index in [1.165, 1.54) is 77.5 Å². The Bertz CT molecular complexity index is 2180. The van der Waals surface area contributed by atoms with E-state index in [-0.39, 0.29) is 70.3 Å². The van der Waals surface area contributed by atoms with E-state index in [0.29, 0.717) is 62.3 Å². The molecule has 0 amide bonds. The molecule has 268 valence electrons. The van der Waals surface area contributed by atoms with E-state index in [9.17, 15) is 28.3 Å². The molecule has 6 rings (SSSR count). The number of hydrogen-bond donors (Lipinski definition) is 1. The number of rotatable bonds is 10. The van der Waals surface area contributed by atoms with Gasteiger partial charge in [0.2, 0.25) is 11.6 Å². The molecular formula is C34H31Br3F2MgN8O4. The van der Waals surface area contributed by atoms with Gasteiger partial charge in [0.15, 0.2) is 6.29 Å². The van der Waals surface area contributed by atoms with Crippen LogP contribution in [0.25, 0.3) is 11.4 Å². The second-order valence-electron chi connectivity index (χ2n) is 10.4. The molecule has 4 aromatic heterocycles. The van der Waals surface area contributed by atoms with Crippen molar-refractivity contribution in [1.29, 1.82) is 0 Å². The fourth-order valence-corrected chi connectivity index (χ4v) is 6.21. The van der Waals surface area contributed by atoms with Gasteiger partial charge in [-0.3, -0.25) is 23.7 Å². The zero-order valence-corrected chi connectivity index (χ0v) is 34.5. The van der Waals surface area contributed by atoms with Crippen LogP contribution in [0.15, 0.2) is 82.5 Å². The van der Waals surface area contributed by atoms with Crippen molar-refractivity contribution in [1.82, 2.24) is 39.1 Å². The minimum atomic E-state index is -0.910. The molecule has 0 bridgehead atoms. The third kappa shape index (κ3) is 9.09. The number of aryl methyl sites for hydroxylation is 2. The van der Waals surface area contributed by atoms with E-state index in [4.69, 9.17) is 0 Å². The molecule has 6 aromatic rings. The van der Waals surface area contributed by atoms with Gasteiger partial charge in [-0.25, -0.2) is 18.1 Å². The van der Waals surface area contributed by atoms with Crippen molar-refractivity contribution < 1.29 is 45.3 Å². The van der Waals surface area contributed by atoms with Crippen molar-refractivity contribution >= 4 is 72.8 Å². The molecule has 0 aliphatic rings. The maximum Gasteiger partial charge on any atom is 2.00 e. The predicted molar refractivity (Wildman–Crippen MR) is 193 cm³/mol. The first-order valence-electron chi connectivity index (χ1n) is 14.8. The number of benzene rings is 2. The zero-order chi connectivity index (χ0) is 35.4. The molecule has 0 spiro atoms. The molecule has 4 heterocycles. The van der Waals surface area contributed by atoms with Crippen LogP contribution in [0.3, 0.4) is 0 Å². The molecule has 52 heavy (non-hydrogen) atoms. The number of carbonyl (C=O) groups excluding carboxylic acids is 3. The van der Waals surface area contributed by atoms with E-state index in [1.54, 1.807) is 15.4 Å². The summed E-state index contributed by atoms with van der Waals surface area (Å²) in [6.07, 6.45) is 5.52. The summed E-state index contributed by atoms with van der Waals surface area (Å²) in [5, 5.41) is 26.5. The molecule has 12 nitrogen and oxygen atoms in total. The fraction of sp³-hybridized carbons (Fsp3) is 0.176. The Morgan fingerprint density at radius 2 is 1.23 bits per heavy atom. The van der Waals surface area contributed by atoms with Crippen LogP contribution in [0.2, 0.25) is 0 Å². The number of aromatic nitrogens is 8. The van der Waals surface area contributed by atoms with Gasteiger partial charge in [-0.05, 0) is 101 Å². The summed E-state index contributed by atoms with van der Waals surface area (Å²) < 4.78 is 34.0. The Labute approximate surface area is 341 Å². The first kappa shape index (κ1) is 44.5. The Balaban J connectivity index is 0.000000341. The summed E-state index contributed by atoms with van der Waals surface area (Å²) >= 11 is 6.75. The SMILES string of the molecule is CCn1ncc(C(=O)c2ccnn2-c2ccc(F)cc2C(C)O)c1Br.CCn1ncc(C(=O)c2ccnn2-c2ccc(F)cc2C=O)c1Br.[Br-].[CH3-].[Mg+2]. The van der Waals surface area contributed by atoms with E-state index in [1.807, 2.05) is 13.8 Å². The number of aliphatic hydroxyl groups excluding tert-OH is 1. The van der Waals surface area contributed by atoms with Crippen LogP contribution in [-0.2, 0) is 13.1 Å². The third-order valence-electron chi connectivity index (χ3n) is 7.40. The van der Waals surface area contributed by atoms with Gasteiger partial charge in [0.25, 0.3) is 0 Å². The number of nitrogens with zero attached hydrogens (tertiary/aromatic N) is 8. The van der Waals surface area contributed by atoms with Gasteiger partial charge in [0, 0.05) is 24.2 Å². The first-order valence-corrected chi connectivity index (χ1v) is 16.4. The van der Waals surface area contributed by atoms with Crippen molar-refractivity contribution in [3.05, 3.63) is 135 Å². The minimum Gasteiger partial charge on any atom is -1.00 e. The average molecular weight is 918 g/mol.